The summed E-state index contributed by atoms with van der Waals surface area (Å²) in [4.78, 5) is 4.35. The van der Waals surface area contributed by atoms with E-state index in [0.717, 1.165) is 28.1 Å². The number of nitrogens with zero attached hydrogens (tertiary/aromatic N) is 3. The summed E-state index contributed by atoms with van der Waals surface area (Å²) in [5, 5.41) is 2.35. The summed E-state index contributed by atoms with van der Waals surface area (Å²) < 4.78 is 11.2. The standard InChI is InChI=1S/C30H28N3O/c1-18(2)23-16-24-22-10-6-9-13-27(22)34-29(24)20(4)28(23)33-26-12-8-7-11-25(26)32(5)30(33)21-14-15-31-17-19(21)3/h6-18H,1-5H3/q+1. The summed E-state index contributed by atoms with van der Waals surface area (Å²) >= 11 is 0. The van der Waals surface area contributed by atoms with E-state index in [2.05, 4.69) is 103 Å². The number of para-hydroxylation sites is 3. The second-order valence-electron chi connectivity index (χ2n) is 9.47. The van der Waals surface area contributed by atoms with Crippen molar-refractivity contribution in [3.8, 4) is 17.1 Å². The topological polar surface area (TPSA) is 34.8 Å². The average Bonchev–Trinajstić information content (AvgIpc) is 3.35. The Balaban J connectivity index is 1.82. The van der Waals surface area contributed by atoms with Gasteiger partial charge in [0, 0.05) is 34.3 Å². The van der Waals surface area contributed by atoms with Crippen molar-refractivity contribution in [2.45, 2.75) is 33.6 Å². The monoisotopic (exact) mass is 446 g/mol. The molecule has 168 valence electrons. The smallest absolute Gasteiger partial charge is 0.295 e. The number of hydrogen-bond acceptors (Lipinski definition) is 2. The molecule has 6 aromatic rings. The number of hydrogen-bond donors (Lipinski definition) is 0. The zero-order valence-electron chi connectivity index (χ0n) is 20.3. The van der Waals surface area contributed by atoms with Gasteiger partial charge in [-0.2, -0.15) is 4.57 Å². The molecule has 0 N–H and O–H groups in total. The van der Waals surface area contributed by atoms with Crippen LogP contribution >= 0.6 is 0 Å². The molecule has 0 bridgehead atoms. The minimum Gasteiger partial charge on any atom is -0.456 e. The lowest BCUT2D eigenvalue weighted by atomic mass is 9.94. The van der Waals surface area contributed by atoms with Crippen molar-refractivity contribution in [2.75, 3.05) is 0 Å². The highest BCUT2D eigenvalue weighted by molar-refractivity contribution is 6.07. The van der Waals surface area contributed by atoms with E-state index < -0.39 is 0 Å². The third kappa shape index (κ3) is 2.84. The predicted molar refractivity (Wildman–Crippen MR) is 139 cm³/mol. The molecule has 34 heavy (non-hydrogen) atoms. The van der Waals surface area contributed by atoms with Crippen LogP contribution in [-0.4, -0.2) is 9.55 Å². The molecule has 4 heteroatoms. The summed E-state index contributed by atoms with van der Waals surface area (Å²) in [5.41, 5.74) is 10.2. The number of rotatable bonds is 3. The zero-order chi connectivity index (χ0) is 23.6. The van der Waals surface area contributed by atoms with Gasteiger partial charge in [-0.15, -0.1) is 0 Å². The van der Waals surface area contributed by atoms with E-state index in [1.165, 1.54) is 38.6 Å². The van der Waals surface area contributed by atoms with E-state index in [0.29, 0.717) is 5.92 Å². The molecule has 0 saturated carbocycles. The van der Waals surface area contributed by atoms with Crippen LogP contribution in [-0.2, 0) is 7.05 Å². The van der Waals surface area contributed by atoms with Gasteiger partial charge in [-0.05, 0) is 55.7 Å². The highest BCUT2D eigenvalue weighted by atomic mass is 16.3. The van der Waals surface area contributed by atoms with Gasteiger partial charge < -0.3 is 4.42 Å². The Morgan fingerprint density at radius 1 is 0.941 bits per heavy atom. The van der Waals surface area contributed by atoms with Crippen LogP contribution in [0.4, 0.5) is 0 Å². The summed E-state index contributed by atoms with van der Waals surface area (Å²) in [7, 11) is 2.15. The minimum absolute atomic E-state index is 0.338. The number of imidazole rings is 1. The van der Waals surface area contributed by atoms with E-state index in [9.17, 15) is 0 Å². The van der Waals surface area contributed by atoms with E-state index in [1.54, 1.807) is 0 Å². The summed E-state index contributed by atoms with van der Waals surface area (Å²) in [6.07, 6.45) is 3.82. The Labute approximate surface area is 199 Å². The first-order valence-electron chi connectivity index (χ1n) is 11.8. The number of fused-ring (bicyclic) bond motifs is 4. The van der Waals surface area contributed by atoms with E-state index in [-0.39, 0.29) is 0 Å². The fourth-order valence-corrected chi connectivity index (χ4v) is 5.34. The molecule has 3 aromatic heterocycles. The van der Waals surface area contributed by atoms with Crippen molar-refractivity contribution >= 4 is 33.0 Å². The first-order chi connectivity index (χ1) is 16.5. The van der Waals surface area contributed by atoms with Crippen LogP contribution in [0.15, 0.2) is 77.5 Å². The quantitative estimate of drug-likeness (QED) is 0.270. The fourth-order valence-electron chi connectivity index (χ4n) is 5.34. The first-order valence-corrected chi connectivity index (χ1v) is 11.8. The van der Waals surface area contributed by atoms with Crippen LogP contribution in [0.5, 0.6) is 0 Å². The van der Waals surface area contributed by atoms with Crippen molar-refractivity contribution in [1.82, 2.24) is 9.55 Å². The SMILES string of the molecule is Cc1cnccc1-c1n(-c2c(C(C)C)cc3c(oc4ccccc43)c2C)c2ccccc2[n+]1C. The summed E-state index contributed by atoms with van der Waals surface area (Å²) in [5.74, 6) is 1.48. The number of pyridine rings is 1. The van der Waals surface area contributed by atoms with E-state index in [1.807, 2.05) is 18.5 Å². The molecule has 0 radical (unpaired) electrons. The molecule has 0 aliphatic carbocycles. The van der Waals surface area contributed by atoms with Gasteiger partial charge in [-0.25, -0.2) is 4.57 Å². The number of aryl methyl sites for hydroxylation is 3. The molecule has 0 unspecified atom stereocenters. The second kappa shape index (κ2) is 7.56. The van der Waals surface area contributed by atoms with E-state index >= 15 is 0 Å². The second-order valence-corrected chi connectivity index (χ2v) is 9.47. The molecule has 3 heterocycles. The molecule has 0 amide bonds. The number of aromatic nitrogens is 3. The van der Waals surface area contributed by atoms with Crippen LogP contribution in [0, 0.1) is 13.8 Å². The fraction of sp³-hybridized carbons (Fsp3) is 0.200. The highest BCUT2D eigenvalue weighted by Crippen LogP contribution is 2.40. The lowest BCUT2D eigenvalue weighted by Crippen LogP contribution is -2.30. The molecule has 0 spiro atoms. The Hall–Kier alpha value is -3.92. The van der Waals surface area contributed by atoms with Crippen LogP contribution in [0.2, 0.25) is 0 Å². The molecule has 3 aromatic carbocycles. The van der Waals surface area contributed by atoms with Gasteiger partial charge in [0.15, 0.2) is 11.0 Å². The average molecular weight is 447 g/mol. The molecule has 4 nitrogen and oxygen atoms in total. The minimum atomic E-state index is 0.338. The molecule has 0 aliphatic heterocycles. The third-order valence-corrected chi connectivity index (χ3v) is 7.02. The van der Waals surface area contributed by atoms with Gasteiger partial charge in [-0.3, -0.25) is 4.98 Å². The third-order valence-electron chi connectivity index (χ3n) is 7.02. The molecule has 6 rings (SSSR count). The van der Waals surface area contributed by atoms with Crippen LogP contribution in [0.25, 0.3) is 50.0 Å². The normalized spacial score (nSPS) is 11.9. The van der Waals surface area contributed by atoms with Crippen LogP contribution in [0.3, 0.4) is 0 Å². The van der Waals surface area contributed by atoms with Gasteiger partial charge in [0.1, 0.15) is 16.9 Å². The lowest BCUT2D eigenvalue weighted by Gasteiger charge is -2.16. The van der Waals surface area contributed by atoms with Gasteiger partial charge in [0.05, 0.1) is 12.6 Å². The lowest BCUT2D eigenvalue weighted by molar-refractivity contribution is -0.633. The molecule has 0 atom stereocenters. The zero-order valence-corrected chi connectivity index (χ0v) is 20.3. The maximum atomic E-state index is 6.44. The maximum absolute atomic E-state index is 6.44. The molecule has 0 aliphatic rings. The van der Waals surface area contributed by atoms with Crippen LogP contribution in [0.1, 0.15) is 36.5 Å². The summed E-state index contributed by atoms with van der Waals surface area (Å²) in [6, 6.07) is 21.4. The Morgan fingerprint density at radius 3 is 2.50 bits per heavy atom. The van der Waals surface area contributed by atoms with Crippen molar-refractivity contribution in [2.24, 2.45) is 7.05 Å². The van der Waals surface area contributed by atoms with Gasteiger partial charge in [0.25, 0.3) is 5.82 Å². The van der Waals surface area contributed by atoms with Gasteiger partial charge in [0.2, 0.25) is 0 Å². The van der Waals surface area contributed by atoms with Crippen molar-refractivity contribution in [3.05, 3.63) is 89.7 Å². The first kappa shape index (κ1) is 20.7. The van der Waals surface area contributed by atoms with Crippen LogP contribution < -0.4 is 4.57 Å². The number of furan rings is 1. The molecular formula is C30H28N3O+. The maximum Gasteiger partial charge on any atom is 0.295 e. The predicted octanol–water partition coefficient (Wildman–Crippen LogP) is 7.16. The van der Waals surface area contributed by atoms with Crippen molar-refractivity contribution < 1.29 is 8.98 Å². The van der Waals surface area contributed by atoms with E-state index in [4.69, 9.17) is 4.42 Å². The van der Waals surface area contributed by atoms with Gasteiger partial charge in [-0.1, -0.05) is 44.2 Å². The highest BCUT2D eigenvalue weighted by Gasteiger charge is 2.31. The van der Waals surface area contributed by atoms with Gasteiger partial charge >= 0.3 is 0 Å². The number of benzene rings is 3. The Kier molecular flexibility index (Phi) is 4.59. The molecular weight excluding hydrogens is 418 g/mol. The molecule has 0 fully saturated rings. The Morgan fingerprint density at radius 2 is 1.71 bits per heavy atom. The largest absolute Gasteiger partial charge is 0.456 e. The van der Waals surface area contributed by atoms with Crippen molar-refractivity contribution in [1.29, 1.82) is 0 Å². The Bertz CT molecular complexity index is 1720. The molecule has 0 saturated heterocycles. The van der Waals surface area contributed by atoms with Crippen molar-refractivity contribution in [3.63, 3.8) is 0 Å². The summed E-state index contributed by atoms with van der Waals surface area (Å²) in [6.45, 7) is 8.87.